The van der Waals surface area contributed by atoms with Crippen LogP contribution in [0.2, 0.25) is 0 Å². The Kier molecular flexibility index (Phi) is 4.66. The average molecular weight is 356 g/mol. The van der Waals surface area contributed by atoms with Crippen LogP contribution < -0.4 is 5.32 Å². The number of para-hydroxylation sites is 1. The molecule has 4 rings (SSSR count). The van der Waals surface area contributed by atoms with Crippen molar-refractivity contribution in [1.82, 2.24) is 20.3 Å². The van der Waals surface area contributed by atoms with E-state index in [4.69, 9.17) is 0 Å². The number of fused-ring (bicyclic) bond motifs is 1. The lowest BCUT2D eigenvalue weighted by Gasteiger charge is -2.18. The lowest BCUT2D eigenvalue weighted by Crippen LogP contribution is -2.29. The zero-order chi connectivity index (χ0) is 18.6. The van der Waals surface area contributed by atoms with Gasteiger partial charge >= 0.3 is 0 Å². The summed E-state index contributed by atoms with van der Waals surface area (Å²) in [5, 5.41) is 4.20. The van der Waals surface area contributed by atoms with Gasteiger partial charge in [-0.2, -0.15) is 0 Å². The van der Waals surface area contributed by atoms with Crippen molar-refractivity contribution in [1.29, 1.82) is 0 Å². The van der Waals surface area contributed by atoms with Crippen LogP contribution >= 0.6 is 0 Å². The third-order valence-corrected chi connectivity index (χ3v) is 4.67. The van der Waals surface area contributed by atoms with Gasteiger partial charge in [0.05, 0.1) is 0 Å². The standard InChI is InChI=1S/C22H20N4O/c1-15-23-12-11-21(26-15)22(27)25-13-18(16-7-3-2-4-8-16)19-14-24-20-10-6-5-9-17(19)20/h2-12,14,18,24H,13H2,1H3,(H,25,27). The van der Waals surface area contributed by atoms with Crippen molar-refractivity contribution >= 4 is 16.8 Å². The van der Waals surface area contributed by atoms with E-state index in [2.05, 4.69) is 44.5 Å². The van der Waals surface area contributed by atoms with Gasteiger partial charge in [-0.15, -0.1) is 0 Å². The van der Waals surface area contributed by atoms with E-state index in [0.717, 1.165) is 16.6 Å². The Bertz CT molecular complexity index is 1070. The Morgan fingerprint density at radius 2 is 1.85 bits per heavy atom. The number of hydrogen-bond acceptors (Lipinski definition) is 3. The topological polar surface area (TPSA) is 70.7 Å². The summed E-state index contributed by atoms with van der Waals surface area (Å²) in [4.78, 5) is 24.1. The van der Waals surface area contributed by atoms with Crippen molar-refractivity contribution in [3.8, 4) is 0 Å². The Labute approximate surface area is 157 Å². The normalized spacial score (nSPS) is 12.0. The Balaban J connectivity index is 1.64. The molecule has 2 aromatic heterocycles. The van der Waals surface area contributed by atoms with Gasteiger partial charge in [0.15, 0.2) is 0 Å². The van der Waals surface area contributed by atoms with Crippen LogP contribution in [0.3, 0.4) is 0 Å². The van der Waals surface area contributed by atoms with E-state index in [1.165, 1.54) is 5.39 Å². The molecular weight excluding hydrogens is 336 g/mol. The third-order valence-electron chi connectivity index (χ3n) is 4.67. The average Bonchev–Trinajstić information content (AvgIpc) is 3.13. The van der Waals surface area contributed by atoms with E-state index in [-0.39, 0.29) is 11.8 Å². The van der Waals surface area contributed by atoms with Crippen molar-refractivity contribution in [2.75, 3.05) is 6.54 Å². The minimum atomic E-state index is -0.193. The molecule has 0 aliphatic carbocycles. The van der Waals surface area contributed by atoms with Crippen LogP contribution in [0, 0.1) is 6.92 Å². The van der Waals surface area contributed by atoms with E-state index in [1.54, 1.807) is 19.2 Å². The van der Waals surface area contributed by atoms with Crippen molar-refractivity contribution < 1.29 is 4.79 Å². The van der Waals surface area contributed by atoms with Crippen LogP contribution in [0.1, 0.15) is 33.4 Å². The lowest BCUT2D eigenvalue weighted by atomic mass is 9.91. The Morgan fingerprint density at radius 1 is 1.07 bits per heavy atom. The predicted octanol–water partition coefficient (Wildman–Crippen LogP) is 3.83. The molecule has 0 saturated heterocycles. The number of H-pyrrole nitrogens is 1. The monoisotopic (exact) mass is 356 g/mol. The minimum absolute atomic E-state index is 0.0363. The second kappa shape index (κ2) is 7.41. The first-order valence-electron chi connectivity index (χ1n) is 8.91. The number of benzene rings is 2. The van der Waals surface area contributed by atoms with Crippen LogP contribution in [0.25, 0.3) is 10.9 Å². The molecule has 0 aliphatic heterocycles. The molecule has 134 valence electrons. The number of aryl methyl sites for hydroxylation is 1. The second-order valence-corrected chi connectivity index (χ2v) is 6.45. The van der Waals surface area contributed by atoms with Crippen molar-refractivity contribution in [2.45, 2.75) is 12.8 Å². The van der Waals surface area contributed by atoms with Gasteiger partial charge in [0, 0.05) is 35.8 Å². The second-order valence-electron chi connectivity index (χ2n) is 6.45. The highest BCUT2D eigenvalue weighted by molar-refractivity contribution is 5.92. The smallest absolute Gasteiger partial charge is 0.270 e. The number of nitrogens with one attached hydrogen (secondary N) is 2. The zero-order valence-electron chi connectivity index (χ0n) is 15.0. The molecule has 27 heavy (non-hydrogen) atoms. The van der Waals surface area contributed by atoms with Gasteiger partial charge in [-0.3, -0.25) is 4.79 Å². The van der Waals surface area contributed by atoms with Crippen LogP contribution in [-0.4, -0.2) is 27.4 Å². The van der Waals surface area contributed by atoms with E-state index < -0.39 is 0 Å². The fourth-order valence-corrected chi connectivity index (χ4v) is 3.34. The predicted molar refractivity (Wildman–Crippen MR) is 106 cm³/mol. The molecule has 2 heterocycles. The summed E-state index contributed by atoms with van der Waals surface area (Å²) >= 11 is 0. The van der Waals surface area contributed by atoms with E-state index in [1.807, 2.05) is 36.5 Å². The van der Waals surface area contributed by atoms with E-state index in [9.17, 15) is 4.79 Å². The third kappa shape index (κ3) is 3.58. The molecule has 0 aliphatic rings. The summed E-state index contributed by atoms with van der Waals surface area (Å²) in [6.45, 7) is 2.25. The largest absolute Gasteiger partial charge is 0.361 e. The molecule has 4 aromatic rings. The van der Waals surface area contributed by atoms with Gasteiger partial charge in [0.2, 0.25) is 0 Å². The van der Waals surface area contributed by atoms with Crippen molar-refractivity contribution in [2.24, 2.45) is 0 Å². The van der Waals surface area contributed by atoms with Crippen LogP contribution in [0.15, 0.2) is 73.1 Å². The molecule has 0 radical (unpaired) electrons. The van der Waals surface area contributed by atoms with Crippen molar-refractivity contribution in [3.05, 3.63) is 95.7 Å². The first-order valence-corrected chi connectivity index (χ1v) is 8.91. The van der Waals surface area contributed by atoms with Gasteiger partial charge in [-0.05, 0) is 30.2 Å². The minimum Gasteiger partial charge on any atom is -0.361 e. The molecule has 1 unspecified atom stereocenters. The number of amides is 1. The summed E-state index contributed by atoms with van der Waals surface area (Å²) in [7, 11) is 0. The highest BCUT2D eigenvalue weighted by Gasteiger charge is 2.19. The molecule has 5 heteroatoms. The molecule has 0 bridgehead atoms. The highest BCUT2D eigenvalue weighted by atomic mass is 16.1. The molecular formula is C22H20N4O. The molecule has 0 spiro atoms. The quantitative estimate of drug-likeness (QED) is 0.571. The summed E-state index contributed by atoms with van der Waals surface area (Å²) in [5.74, 6) is 0.425. The number of carbonyl (C=O) groups excluding carboxylic acids is 1. The fraction of sp³-hybridized carbons (Fsp3) is 0.136. The first-order chi connectivity index (χ1) is 13.2. The van der Waals surface area contributed by atoms with Gasteiger partial charge in [-0.25, -0.2) is 9.97 Å². The summed E-state index contributed by atoms with van der Waals surface area (Å²) in [5.41, 5.74) is 3.79. The summed E-state index contributed by atoms with van der Waals surface area (Å²) < 4.78 is 0. The number of nitrogens with zero attached hydrogens (tertiary/aromatic N) is 2. The number of aromatic amines is 1. The molecule has 0 saturated carbocycles. The fourth-order valence-electron chi connectivity index (χ4n) is 3.34. The highest BCUT2D eigenvalue weighted by Crippen LogP contribution is 2.30. The molecule has 0 fully saturated rings. The summed E-state index contributed by atoms with van der Waals surface area (Å²) in [6, 6.07) is 20.1. The van der Waals surface area contributed by atoms with Crippen molar-refractivity contribution in [3.63, 3.8) is 0 Å². The van der Waals surface area contributed by atoms with Gasteiger partial charge in [0.25, 0.3) is 5.91 Å². The lowest BCUT2D eigenvalue weighted by molar-refractivity contribution is 0.0947. The molecule has 5 nitrogen and oxygen atoms in total. The van der Waals surface area contributed by atoms with E-state index in [0.29, 0.717) is 18.1 Å². The SMILES string of the molecule is Cc1nccc(C(=O)NCC(c2ccccc2)c2c[nH]c3ccccc23)n1. The molecule has 1 atom stereocenters. The van der Waals surface area contributed by atoms with Gasteiger partial charge in [-0.1, -0.05) is 48.5 Å². The first kappa shape index (κ1) is 17.0. The van der Waals surface area contributed by atoms with Crippen LogP contribution in [0.4, 0.5) is 0 Å². The zero-order valence-corrected chi connectivity index (χ0v) is 15.0. The number of aromatic nitrogens is 3. The number of carbonyl (C=O) groups is 1. The molecule has 2 aromatic carbocycles. The van der Waals surface area contributed by atoms with E-state index >= 15 is 0 Å². The van der Waals surface area contributed by atoms with Gasteiger partial charge < -0.3 is 10.3 Å². The van der Waals surface area contributed by atoms with Gasteiger partial charge in [0.1, 0.15) is 11.5 Å². The van der Waals surface area contributed by atoms with Crippen LogP contribution in [-0.2, 0) is 0 Å². The summed E-state index contributed by atoms with van der Waals surface area (Å²) in [6.07, 6.45) is 3.63. The maximum absolute atomic E-state index is 12.6. The Hall–Kier alpha value is -3.47. The number of rotatable bonds is 5. The molecule has 2 N–H and O–H groups in total. The maximum Gasteiger partial charge on any atom is 0.270 e. The van der Waals surface area contributed by atoms with Crippen LogP contribution in [0.5, 0.6) is 0 Å². The number of hydrogen-bond donors (Lipinski definition) is 2. The molecule has 1 amide bonds. The Morgan fingerprint density at radius 3 is 2.67 bits per heavy atom. The maximum atomic E-state index is 12.6.